The van der Waals surface area contributed by atoms with Crippen LogP contribution in [0.15, 0.2) is 28.7 Å². The van der Waals surface area contributed by atoms with Gasteiger partial charge in [0.05, 0.1) is 19.3 Å². The van der Waals surface area contributed by atoms with Crippen LogP contribution in [0.4, 0.5) is 0 Å². The Morgan fingerprint density at radius 2 is 2.29 bits per heavy atom. The van der Waals surface area contributed by atoms with Gasteiger partial charge in [-0.1, -0.05) is 28.1 Å². The fourth-order valence-electron chi connectivity index (χ4n) is 1.50. The van der Waals surface area contributed by atoms with E-state index in [0.29, 0.717) is 6.04 Å². The molecule has 0 amide bonds. The van der Waals surface area contributed by atoms with Crippen molar-refractivity contribution >= 4 is 28.3 Å². The summed E-state index contributed by atoms with van der Waals surface area (Å²) in [5.41, 5.74) is 1.29. The van der Waals surface area contributed by atoms with Crippen LogP contribution in [0, 0.1) is 0 Å². The second-order valence-electron chi connectivity index (χ2n) is 3.14. The smallest absolute Gasteiger partial charge is 0.0662 e. The van der Waals surface area contributed by atoms with Crippen molar-refractivity contribution in [3.05, 3.63) is 34.3 Å². The lowest BCUT2D eigenvalue weighted by Crippen LogP contribution is -2.34. The zero-order valence-corrected chi connectivity index (χ0v) is 10.1. The molecule has 1 unspecified atom stereocenters. The molecule has 1 aliphatic rings. The lowest BCUT2D eigenvalue weighted by Gasteiger charge is -2.24. The zero-order chi connectivity index (χ0) is 9.10. The molecule has 78 valence electrons. The lowest BCUT2D eigenvalue weighted by atomic mass is 10.1. The van der Waals surface area contributed by atoms with Crippen LogP contribution in [0.25, 0.3) is 0 Å². The Labute approximate surface area is 98.6 Å². The maximum atomic E-state index is 5.40. The van der Waals surface area contributed by atoms with Gasteiger partial charge in [-0.15, -0.1) is 12.4 Å². The van der Waals surface area contributed by atoms with Gasteiger partial charge in [0.25, 0.3) is 0 Å². The van der Waals surface area contributed by atoms with E-state index in [4.69, 9.17) is 4.74 Å². The van der Waals surface area contributed by atoms with E-state index in [0.717, 1.165) is 24.2 Å². The van der Waals surface area contributed by atoms with E-state index in [2.05, 4.69) is 39.4 Å². The zero-order valence-electron chi connectivity index (χ0n) is 7.70. The Morgan fingerprint density at radius 1 is 1.43 bits per heavy atom. The molecule has 14 heavy (non-hydrogen) atoms. The minimum Gasteiger partial charge on any atom is -0.378 e. The molecule has 1 N–H and O–H groups in total. The van der Waals surface area contributed by atoms with E-state index in [9.17, 15) is 0 Å². The van der Waals surface area contributed by atoms with Gasteiger partial charge in [0.2, 0.25) is 0 Å². The van der Waals surface area contributed by atoms with Crippen LogP contribution in [0.2, 0.25) is 0 Å². The molecule has 4 heteroatoms. The van der Waals surface area contributed by atoms with Crippen LogP contribution in [0.1, 0.15) is 11.6 Å². The van der Waals surface area contributed by atoms with E-state index in [1.165, 1.54) is 5.56 Å². The van der Waals surface area contributed by atoms with Crippen molar-refractivity contribution < 1.29 is 4.74 Å². The van der Waals surface area contributed by atoms with Gasteiger partial charge in [0.15, 0.2) is 0 Å². The topological polar surface area (TPSA) is 21.3 Å². The van der Waals surface area contributed by atoms with Gasteiger partial charge < -0.3 is 10.1 Å². The molecule has 0 bridgehead atoms. The van der Waals surface area contributed by atoms with Gasteiger partial charge in [-0.05, 0) is 17.7 Å². The molecule has 0 aliphatic carbocycles. The van der Waals surface area contributed by atoms with E-state index in [1.54, 1.807) is 0 Å². The van der Waals surface area contributed by atoms with Gasteiger partial charge in [0.1, 0.15) is 0 Å². The molecule has 1 aliphatic heterocycles. The fraction of sp³-hybridized carbons (Fsp3) is 0.400. The minimum absolute atomic E-state index is 0. The number of halogens is 2. The van der Waals surface area contributed by atoms with Crippen LogP contribution in [0.3, 0.4) is 0 Å². The monoisotopic (exact) mass is 277 g/mol. The summed E-state index contributed by atoms with van der Waals surface area (Å²) >= 11 is 3.46. The normalized spacial score (nSPS) is 21.4. The number of morpholine rings is 1. The predicted octanol–water partition coefficient (Wildman–Crippen LogP) is 2.53. The van der Waals surface area contributed by atoms with Crippen molar-refractivity contribution in [3.8, 4) is 0 Å². The van der Waals surface area contributed by atoms with Crippen molar-refractivity contribution in [2.45, 2.75) is 6.04 Å². The van der Waals surface area contributed by atoms with Crippen molar-refractivity contribution in [1.29, 1.82) is 0 Å². The fourth-order valence-corrected chi connectivity index (χ4v) is 1.92. The standard InChI is InChI=1S/C10H12BrNO.ClH/c11-9-3-1-2-8(6-9)10-7-13-5-4-12-10;/h1-3,6,10,12H,4-5,7H2;1H. The van der Waals surface area contributed by atoms with E-state index >= 15 is 0 Å². The summed E-state index contributed by atoms with van der Waals surface area (Å²) in [5, 5.41) is 3.42. The summed E-state index contributed by atoms with van der Waals surface area (Å²) in [6, 6.07) is 8.69. The van der Waals surface area contributed by atoms with Crippen LogP contribution < -0.4 is 5.32 Å². The molecule has 0 spiro atoms. The highest BCUT2D eigenvalue weighted by molar-refractivity contribution is 9.10. The highest BCUT2D eigenvalue weighted by atomic mass is 79.9. The first-order chi connectivity index (χ1) is 6.36. The lowest BCUT2D eigenvalue weighted by molar-refractivity contribution is 0.0769. The van der Waals surface area contributed by atoms with Crippen LogP contribution >= 0.6 is 28.3 Å². The molecule has 0 aromatic heterocycles. The summed E-state index contributed by atoms with van der Waals surface area (Å²) in [6.07, 6.45) is 0. The molecular weight excluding hydrogens is 265 g/mol. The van der Waals surface area contributed by atoms with Crippen molar-refractivity contribution in [3.63, 3.8) is 0 Å². The van der Waals surface area contributed by atoms with Gasteiger partial charge >= 0.3 is 0 Å². The maximum Gasteiger partial charge on any atom is 0.0662 e. The number of hydrogen-bond acceptors (Lipinski definition) is 2. The van der Waals surface area contributed by atoms with Crippen molar-refractivity contribution in [2.75, 3.05) is 19.8 Å². The second-order valence-corrected chi connectivity index (χ2v) is 4.05. The number of ether oxygens (including phenoxy) is 1. The van der Waals surface area contributed by atoms with Gasteiger partial charge in [0, 0.05) is 11.0 Å². The van der Waals surface area contributed by atoms with Crippen molar-refractivity contribution in [1.82, 2.24) is 5.32 Å². The molecule has 1 saturated heterocycles. The van der Waals surface area contributed by atoms with Crippen LogP contribution in [-0.2, 0) is 4.74 Å². The first kappa shape index (κ1) is 12.0. The van der Waals surface area contributed by atoms with Crippen molar-refractivity contribution in [2.24, 2.45) is 0 Å². The molecule has 1 aromatic rings. The maximum absolute atomic E-state index is 5.40. The molecule has 1 fully saturated rings. The Hall–Kier alpha value is -0.0900. The minimum atomic E-state index is 0. The van der Waals surface area contributed by atoms with Gasteiger partial charge in [-0.2, -0.15) is 0 Å². The Bertz CT molecular complexity index is 289. The summed E-state index contributed by atoms with van der Waals surface area (Å²) in [7, 11) is 0. The number of benzene rings is 1. The van der Waals surface area contributed by atoms with Gasteiger partial charge in [-0.3, -0.25) is 0 Å². The molecule has 0 radical (unpaired) electrons. The Kier molecular flexibility index (Phi) is 4.89. The Balaban J connectivity index is 0.000000980. The number of nitrogens with one attached hydrogen (secondary N) is 1. The third kappa shape index (κ3) is 2.95. The third-order valence-corrected chi connectivity index (χ3v) is 2.67. The second kappa shape index (κ2) is 5.71. The summed E-state index contributed by atoms with van der Waals surface area (Å²) in [5.74, 6) is 0. The number of rotatable bonds is 1. The summed E-state index contributed by atoms with van der Waals surface area (Å²) < 4.78 is 6.52. The molecule has 0 saturated carbocycles. The molecular formula is C10H13BrClNO. The summed E-state index contributed by atoms with van der Waals surface area (Å²) in [4.78, 5) is 0. The first-order valence-corrected chi connectivity index (χ1v) is 5.22. The molecule has 2 nitrogen and oxygen atoms in total. The highest BCUT2D eigenvalue weighted by Gasteiger charge is 2.14. The summed E-state index contributed by atoms with van der Waals surface area (Å²) in [6.45, 7) is 2.54. The van der Waals surface area contributed by atoms with E-state index in [1.807, 2.05) is 6.07 Å². The van der Waals surface area contributed by atoms with E-state index in [-0.39, 0.29) is 12.4 Å². The highest BCUT2D eigenvalue weighted by Crippen LogP contribution is 2.19. The largest absolute Gasteiger partial charge is 0.378 e. The molecule has 2 rings (SSSR count). The third-order valence-electron chi connectivity index (χ3n) is 2.17. The predicted molar refractivity (Wildman–Crippen MR) is 63.0 cm³/mol. The van der Waals surface area contributed by atoms with Gasteiger partial charge in [-0.25, -0.2) is 0 Å². The van der Waals surface area contributed by atoms with E-state index < -0.39 is 0 Å². The average molecular weight is 279 g/mol. The SMILES string of the molecule is Brc1cccc(C2COCCN2)c1.Cl. The average Bonchev–Trinajstić information content (AvgIpc) is 2.19. The molecule has 1 atom stereocenters. The molecule has 1 heterocycles. The molecule has 1 aromatic carbocycles. The number of hydrogen-bond donors (Lipinski definition) is 1. The Morgan fingerprint density at radius 3 is 2.93 bits per heavy atom. The van der Waals surface area contributed by atoms with Crippen LogP contribution in [0.5, 0.6) is 0 Å². The van der Waals surface area contributed by atoms with Crippen LogP contribution in [-0.4, -0.2) is 19.8 Å². The first-order valence-electron chi connectivity index (χ1n) is 4.43. The quantitative estimate of drug-likeness (QED) is 0.852.